The first-order chi connectivity index (χ1) is 12.3. The first-order valence-corrected chi connectivity index (χ1v) is 9.60. The van der Waals surface area contributed by atoms with Crippen molar-refractivity contribution in [3.05, 3.63) is 54.0 Å². The van der Waals surface area contributed by atoms with Crippen LogP contribution < -0.4 is 4.18 Å². The second-order valence-electron chi connectivity index (χ2n) is 6.03. The van der Waals surface area contributed by atoms with Crippen LogP contribution in [0.3, 0.4) is 0 Å². The molecular weight excluding hydrogens is 358 g/mol. The molecule has 0 aliphatic carbocycles. The smallest absolute Gasteiger partial charge is 0.311 e. The minimum Gasteiger partial charge on any atom is -0.467 e. The van der Waals surface area contributed by atoms with Crippen LogP contribution in [0, 0.1) is 0 Å². The van der Waals surface area contributed by atoms with Gasteiger partial charge >= 0.3 is 10.1 Å². The molecule has 0 aliphatic rings. The number of nitrogens with zero attached hydrogens (tertiary/aromatic N) is 1. The van der Waals surface area contributed by atoms with Gasteiger partial charge < -0.3 is 18.2 Å². The molecule has 0 spiro atoms. The summed E-state index contributed by atoms with van der Waals surface area (Å²) in [6.45, 7) is 3.59. The molecule has 0 N–H and O–H groups in total. The first kappa shape index (κ1) is 20.0. The van der Waals surface area contributed by atoms with Gasteiger partial charge in [0.25, 0.3) is 0 Å². The maximum Gasteiger partial charge on any atom is 0.311 e. The molecule has 1 aromatic carbocycles. The summed E-state index contributed by atoms with van der Waals surface area (Å²) in [6, 6.07) is 10.2. The van der Waals surface area contributed by atoms with E-state index in [-0.39, 0.29) is 31.4 Å². The van der Waals surface area contributed by atoms with Gasteiger partial charge in [-0.25, -0.2) is 0 Å². The zero-order valence-corrected chi connectivity index (χ0v) is 15.9. The predicted molar refractivity (Wildman–Crippen MR) is 96.0 cm³/mol. The van der Waals surface area contributed by atoms with Crippen LogP contribution in [0.5, 0.6) is 5.75 Å². The van der Waals surface area contributed by atoms with Crippen molar-refractivity contribution in [1.82, 2.24) is 4.90 Å². The molecule has 0 radical (unpaired) electrons. The standard InChI is InChI=1S/C18H23NO6S/c1-14(2)26(21,22)25-16-7-4-6-15(10-16)11-19(18(20)13-23-3)12-17-8-5-9-24-17/h4-10,14H,11-13H2,1-3H3. The van der Waals surface area contributed by atoms with Crippen molar-refractivity contribution in [1.29, 1.82) is 0 Å². The highest BCUT2D eigenvalue weighted by Gasteiger charge is 2.19. The quantitative estimate of drug-likeness (QED) is 0.621. The summed E-state index contributed by atoms with van der Waals surface area (Å²) in [5.41, 5.74) is 0.734. The Morgan fingerprint density at radius 3 is 2.58 bits per heavy atom. The van der Waals surface area contributed by atoms with E-state index in [4.69, 9.17) is 13.3 Å². The molecule has 26 heavy (non-hydrogen) atoms. The van der Waals surface area contributed by atoms with E-state index in [9.17, 15) is 13.2 Å². The van der Waals surface area contributed by atoms with Crippen LogP contribution in [0.4, 0.5) is 0 Å². The molecule has 1 amide bonds. The van der Waals surface area contributed by atoms with E-state index < -0.39 is 15.4 Å². The summed E-state index contributed by atoms with van der Waals surface area (Å²) in [4.78, 5) is 13.9. The third kappa shape index (κ3) is 5.60. The van der Waals surface area contributed by atoms with Crippen LogP contribution >= 0.6 is 0 Å². The van der Waals surface area contributed by atoms with Crippen LogP contribution in [-0.4, -0.2) is 38.2 Å². The van der Waals surface area contributed by atoms with E-state index in [2.05, 4.69) is 0 Å². The molecule has 0 atom stereocenters. The van der Waals surface area contributed by atoms with Gasteiger partial charge in [0.15, 0.2) is 0 Å². The third-order valence-corrected chi connectivity index (χ3v) is 5.19. The summed E-state index contributed by atoms with van der Waals surface area (Å²) >= 11 is 0. The van der Waals surface area contributed by atoms with Gasteiger partial charge in [-0.3, -0.25) is 4.79 Å². The fraction of sp³-hybridized carbons (Fsp3) is 0.389. The number of amides is 1. The molecular formula is C18H23NO6S. The van der Waals surface area contributed by atoms with Gasteiger partial charge in [0.2, 0.25) is 5.91 Å². The monoisotopic (exact) mass is 381 g/mol. The summed E-state index contributed by atoms with van der Waals surface area (Å²) in [7, 11) is -2.23. The maximum absolute atomic E-state index is 12.3. The number of methoxy groups -OCH3 is 1. The molecule has 0 saturated carbocycles. The lowest BCUT2D eigenvalue weighted by atomic mass is 10.2. The van der Waals surface area contributed by atoms with E-state index in [1.54, 1.807) is 61.4 Å². The topological polar surface area (TPSA) is 86.0 Å². The third-order valence-electron chi connectivity index (χ3n) is 3.61. The highest BCUT2D eigenvalue weighted by Crippen LogP contribution is 2.19. The van der Waals surface area contributed by atoms with Crippen molar-refractivity contribution >= 4 is 16.0 Å². The fourth-order valence-electron chi connectivity index (χ4n) is 2.18. The van der Waals surface area contributed by atoms with Crippen LogP contribution in [0.1, 0.15) is 25.2 Å². The Morgan fingerprint density at radius 1 is 1.19 bits per heavy atom. The van der Waals surface area contributed by atoms with Crippen molar-refractivity contribution < 1.29 is 26.5 Å². The Balaban J connectivity index is 2.17. The lowest BCUT2D eigenvalue weighted by Crippen LogP contribution is -2.32. The van der Waals surface area contributed by atoms with E-state index in [0.29, 0.717) is 5.76 Å². The Hall–Kier alpha value is -2.32. The Bertz CT molecular complexity index is 814. The number of hydrogen-bond donors (Lipinski definition) is 0. The van der Waals surface area contributed by atoms with E-state index in [1.165, 1.54) is 7.11 Å². The number of hydrogen-bond acceptors (Lipinski definition) is 6. The molecule has 8 heteroatoms. The molecule has 0 bridgehead atoms. The second kappa shape index (κ2) is 8.86. The lowest BCUT2D eigenvalue weighted by Gasteiger charge is -2.22. The summed E-state index contributed by atoms with van der Waals surface area (Å²) in [5.74, 6) is 0.655. The number of carbonyl (C=O) groups is 1. The molecule has 0 aliphatic heterocycles. The molecule has 2 rings (SSSR count). The minimum absolute atomic E-state index is 0.0569. The highest BCUT2D eigenvalue weighted by molar-refractivity contribution is 7.87. The summed E-state index contributed by atoms with van der Waals surface area (Å²) < 4.78 is 39.2. The molecule has 1 aromatic heterocycles. The lowest BCUT2D eigenvalue weighted by molar-refractivity contribution is -0.136. The summed E-state index contributed by atoms with van der Waals surface area (Å²) in [5, 5.41) is -0.648. The second-order valence-corrected chi connectivity index (χ2v) is 8.13. The number of ether oxygens (including phenoxy) is 1. The van der Waals surface area contributed by atoms with Crippen LogP contribution in [-0.2, 0) is 32.7 Å². The van der Waals surface area contributed by atoms with Gasteiger partial charge in [-0.15, -0.1) is 0 Å². The number of carbonyl (C=O) groups excluding carboxylic acids is 1. The zero-order valence-electron chi connectivity index (χ0n) is 15.0. The Labute approximate surface area is 153 Å². The van der Waals surface area contributed by atoms with Crippen molar-refractivity contribution in [3.63, 3.8) is 0 Å². The molecule has 0 saturated heterocycles. The molecule has 2 aromatic rings. The first-order valence-electron chi connectivity index (χ1n) is 8.13. The molecule has 0 fully saturated rings. The SMILES string of the molecule is COCC(=O)N(Cc1cccc(OS(=O)(=O)C(C)C)c1)Cc1ccco1. The molecule has 7 nitrogen and oxygen atoms in total. The number of furan rings is 1. The van der Waals surface area contributed by atoms with E-state index in [1.807, 2.05) is 0 Å². The number of rotatable bonds is 9. The van der Waals surface area contributed by atoms with E-state index >= 15 is 0 Å². The number of benzene rings is 1. The van der Waals surface area contributed by atoms with E-state index in [0.717, 1.165) is 5.56 Å². The minimum atomic E-state index is -3.68. The van der Waals surface area contributed by atoms with Crippen molar-refractivity contribution in [2.45, 2.75) is 32.2 Å². The predicted octanol–water partition coefficient (Wildman–Crippen LogP) is 2.57. The van der Waals surface area contributed by atoms with Gasteiger partial charge in [-0.2, -0.15) is 8.42 Å². The van der Waals surface area contributed by atoms with Gasteiger partial charge in [0, 0.05) is 13.7 Å². The maximum atomic E-state index is 12.3. The van der Waals surface area contributed by atoms with Crippen molar-refractivity contribution in [2.75, 3.05) is 13.7 Å². The average Bonchev–Trinajstić information content (AvgIpc) is 3.07. The van der Waals surface area contributed by atoms with Gasteiger partial charge in [-0.05, 0) is 43.7 Å². The zero-order chi connectivity index (χ0) is 19.2. The largest absolute Gasteiger partial charge is 0.467 e. The van der Waals surface area contributed by atoms with Crippen LogP contribution in [0.25, 0.3) is 0 Å². The van der Waals surface area contributed by atoms with Gasteiger partial charge in [0.1, 0.15) is 18.1 Å². The van der Waals surface area contributed by atoms with Crippen LogP contribution in [0.15, 0.2) is 47.1 Å². The Morgan fingerprint density at radius 2 is 1.96 bits per heavy atom. The molecule has 0 unspecified atom stereocenters. The Kier molecular flexibility index (Phi) is 6.82. The van der Waals surface area contributed by atoms with Crippen molar-refractivity contribution in [2.24, 2.45) is 0 Å². The van der Waals surface area contributed by atoms with Crippen molar-refractivity contribution in [3.8, 4) is 5.75 Å². The van der Waals surface area contributed by atoms with Gasteiger partial charge in [-0.1, -0.05) is 12.1 Å². The van der Waals surface area contributed by atoms with Gasteiger partial charge in [0.05, 0.1) is 18.1 Å². The molecule has 1 heterocycles. The van der Waals surface area contributed by atoms with Crippen LogP contribution in [0.2, 0.25) is 0 Å². The average molecular weight is 381 g/mol. The highest BCUT2D eigenvalue weighted by atomic mass is 32.2. The fourth-order valence-corrected chi connectivity index (χ4v) is 2.75. The molecule has 142 valence electrons. The summed E-state index contributed by atoms with van der Waals surface area (Å²) in [6.07, 6.45) is 1.54. The normalized spacial score (nSPS) is 11.5.